The van der Waals surface area contributed by atoms with Gasteiger partial charge in [-0.2, -0.15) is 0 Å². The van der Waals surface area contributed by atoms with Crippen molar-refractivity contribution in [3.05, 3.63) is 11.6 Å². The van der Waals surface area contributed by atoms with Crippen LogP contribution < -0.4 is 10.6 Å². The average molecular weight is 224 g/mol. The van der Waals surface area contributed by atoms with Crippen LogP contribution in [0.5, 0.6) is 0 Å². The molecule has 2 N–H and O–H groups in total. The van der Waals surface area contributed by atoms with Gasteiger partial charge in [-0.25, -0.2) is 0 Å². The molecule has 1 rings (SSSR count). The maximum Gasteiger partial charge on any atom is 0.237 e. The lowest BCUT2D eigenvalue weighted by Crippen LogP contribution is -2.48. The summed E-state index contributed by atoms with van der Waals surface area (Å²) >= 11 is 0. The van der Waals surface area contributed by atoms with Gasteiger partial charge in [0.2, 0.25) is 5.91 Å². The van der Waals surface area contributed by atoms with E-state index in [0.29, 0.717) is 12.5 Å². The van der Waals surface area contributed by atoms with Crippen LogP contribution in [0.4, 0.5) is 0 Å². The summed E-state index contributed by atoms with van der Waals surface area (Å²) in [5, 5.41) is 6.24. The van der Waals surface area contributed by atoms with Gasteiger partial charge >= 0.3 is 0 Å². The fourth-order valence-corrected chi connectivity index (χ4v) is 2.05. The highest BCUT2D eigenvalue weighted by atomic mass is 16.2. The average Bonchev–Trinajstić information content (AvgIpc) is 2.28. The van der Waals surface area contributed by atoms with Gasteiger partial charge in [-0.3, -0.25) is 4.79 Å². The van der Waals surface area contributed by atoms with E-state index >= 15 is 0 Å². The number of rotatable bonds is 4. The molecule has 1 amide bonds. The van der Waals surface area contributed by atoms with Crippen LogP contribution in [0, 0.1) is 5.92 Å². The molecule has 2 unspecified atom stereocenters. The van der Waals surface area contributed by atoms with Crippen LogP contribution in [-0.2, 0) is 4.79 Å². The molecule has 1 aliphatic heterocycles. The van der Waals surface area contributed by atoms with Crippen LogP contribution in [-0.4, -0.2) is 25.0 Å². The molecule has 2 atom stereocenters. The SMILES string of the molecule is CCC1CCNC(C(=O)NCC=C(C)C)C1. The number of hydrogen-bond donors (Lipinski definition) is 2. The van der Waals surface area contributed by atoms with E-state index in [9.17, 15) is 4.79 Å². The largest absolute Gasteiger partial charge is 0.351 e. The Morgan fingerprint density at radius 2 is 2.25 bits per heavy atom. The molecule has 0 saturated carbocycles. The molecular formula is C13H24N2O. The number of piperidine rings is 1. The van der Waals surface area contributed by atoms with E-state index < -0.39 is 0 Å². The molecule has 1 saturated heterocycles. The fourth-order valence-electron chi connectivity index (χ4n) is 2.05. The zero-order valence-electron chi connectivity index (χ0n) is 10.7. The molecule has 0 aromatic carbocycles. The molecule has 1 aliphatic rings. The first-order valence-electron chi connectivity index (χ1n) is 6.28. The van der Waals surface area contributed by atoms with Gasteiger partial charge in [0.1, 0.15) is 0 Å². The fraction of sp³-hybridized carbons (Fsp3) is 0.769. The first kappa shape index (κ1) is 13.2. The Bertz CT molecular complexity index is 257. The smallest absolute Gasteiger partial charge is 0.237 e. The lowest BCUT2D eigenvalue weighted by Gasteiger charge is -2.28. The molecule has 3 nitrogen and oxygen atoms in total. The first-order valence-corrected chi connectivity index (χ1v) is 6.28. The highest BCUT2D eigenvalue weighted by Crippen LogP contribution is 2.19. The van der Waals surface area contributed by atoms with E-state index in [-0.39, 0.29) is 11.9 Å². The molecule has 1 heterocycles. The summed E-state index contributed by atoms with van der Waals surface area (Å²) in [6.07, 6.45) is 5.41. The van der Waals surface area contributed by atoms with Crippen LogP contribution in [0.2, 0.25) is 0 Å². The monoisotopic (exact) mass is 224 g/mol. The molecule has 0 spiro atoms. The number of allylic oxidation sites excluding steroid dienone is 1. The van der Waals surface area contributed by atoms with E-state index in [4.69, 9.17) is 0 Å². The molecule has 0 radical (unpaired) electrons. The van der Waals surface area contributed by atoms with Crippen LogP contribution in [0.3, 0.4) is 0 Å². The summed E-state index contributed by atoms with van der Waals surface area (Å²) in [5.74, 6) is 0.858. The quantitative estimate of drug-likeness (QED) is 0.716. The number of carbonyl (C=O) groups excluding carboxylic acids is 1. The minimum Gasteiger partial charge on any atom is -0.351 e. The van der Waals surface area contributed by atoms with E-state index in [1.165, 1.54) is 18.4 Å². The summed E-state index contributed by atoms with van der Waals surface area (Å²) in [4.78, 5) is 11.8. The molecule has 0 aromatic rings. The second kappa shape index (κ2) is 6.69. The highest BCUT2D eigenvalue weighted by molar-refractivity contribution is 5.81. The Balaban J connectivity index is 2.33. The number of hydrogen-bond acceptors (Lipinski definition) is 2. The lowest BCUT2D eigenvalue weighted by atomic mass is 9.90. The number of carbonyl (C=O) groups is 1. The van der Waals surface area contributed by atoms with Crippen molar-refractivity contribution in [1.82, 2.24) is 10.6 Å². The Labute approximate surface area is 98.7 Å². The normalized spacial score (nSPS) is 24.9. The van der Waals surface area contributed by atoms with Crippen molar-refractivity contribution in [2.75, 3.05) is 13.1 Å². The lowest BCUT2D eigenvalue weighted by molar-refractivity contribution is -0.123. The highest BCUT2D eigenvalue weighted by Gasteiger charge is 2.25. The third-order valence-corrected chi connectivity index (χ3v) is 3.19. The van der Waals surface area contributed by atoms with Gasteiger partial charge in [-0.1, -0.05) is 25.0 Å². The van der Waals surface area contributed by atoms with Gasteiger partial charge in [0, 0.05) is 6.54 Å². The molecule has 3 heteroatoms. The van der Waals surface area contributed by atoms with Crippen molar-refractivity contribution in [2.45, 2.75) is 46.1 Å². The topological polar surface area (TPSA) is 41.1 Å². The molecular weight excluding hydrogens is 200 g/mol. The minimum atomic E-state index is 0.0178. The summed E-state index contributed by atoms with van der Waals surface area (Å²) in [5.41, 5.74) is 1.24. The van der Waals surface area contributed by atoms with Gasteiger partial charge < -0.3 is 10.6 Å². The van der Waals surface area contributed by atoms with Crippen molar-refractivity contribution < 1.29 is 4.79 Å². The molecule has 1 fully saturated rings. The van der Waals surface area contributed by atoms with Crippen molar-refractivity contribution in [2.24, 2.45) is 5.92 Å². The third kappa shape index (κ3) is 4.35. The minimum absolute atomic E-state index is 0.0178. The predicted octanol–water partition coefficient (Wildman–Crippen LogP) is 1.85. The Kier molecular flexibility index (Phi) is 5.53. The van der Waals surface area contributed by atoms with Crippen molar-refractivity contribution >= 4 is 5.91 Å². The predicted molar refractivity (Wildman–Crippen MR) is 67.2 cm³/mol. The molecule has 0 aliphatic carbocycles. The van der Waals surface area contributed by atoms with E-state index in [1.807, 2.05) is 19.9 Å². The van der Waals surface area contributed by atoms with Crippen LogP contribution in [0.15, 0.2) is 11.6 Å². The maximum absolute atomic E-state index is 11.8. The van der Waals surface area contributed by atoms with Gasteiger partial charge in [0.15, 0.2) is 0 Å². The summed E-state index contributed by atoms with van der Waals surface area (Å²) in [6.45, 7) is 7.90. The maximum atomic E-state index is 11.8. The van der Waals surface area contributed by atoms with Crippen molar-refractivity contribution in [3.63, 3.8) is 0 Å². The second-order valence-electron chi connectivity index (χ2n) is 4.83. The van der Waals surface area contributed by atoms with E-state index in [2.05, 4.69) is 17.6 Å². The Hall–Kier alpha value is -0.830. The standard InChI is InChI=1S/C13H24N2O/c1-4-11-6-8-14-12(9-11)13(16)15-7-5-10(2)3/h5,11-12,14H,4,6-9H2,1-3H3,(H,15,16). The zero-order chi connectivity index (χ0) is 12.0. The Morgan fingerprint density at radius 1 is 1.50 bits per heavy atom. The van der Waals surface area contributed by atoms with Crippen molar-refractivity contribution in [1.29, 1.82) is 0 Å². The van der Waals surface area contributed by atoms with Gasteiger partial charge in [0.05, 0.1) is 6.04 Å². The summed E-state index contributed by atoms with van der Waals surface area (Å²) in [6, 6.07) is 0.0178. The summed E-state index contributed by atoms with van der Waals surface area (Å²) in [7, 11) is 0. The van der Waals surface area contributed by atoms with E-state index in [0.717, 1.165) is 13.0 Å². The van der Waals surface area contributed by atoms with Gasteiger partial charge in [-0.15, -0.1) is 0 Å². The van der Waals surface area contributed by atoms with E-state index in [1.54, 1.807) is 0 Å². The molecule has 0 aromatic heterocycles. The van der Waals surface area contributed by atoms with Crippen LogP contribution >= 0.6 is 0 Å². The van der Waals surface area contributed by atoms with Crippen molar-refractivity contribution in [3.8, 4) is 0 Å². The second-order valence-corrected chi connectivity index (χ2v) is 4.83. The van der Waals surface area contributed by atoms with Crippen LogP contribution in [0.1, 0.15) is 40.0 Å². The Morgan fingerprint density at radius 3 is 2.88 bits per heavy atom. The number of nitrogens with one attached hydrogen (secondary N) is 2. The van der Waals surface area contributed by atoms with Crippen LogP contribution in [0.25, 0.3) is 0 Å². The number of amides is 1. The third-order valence-electron chi connectivity index (χ3n) is 3.19. The molecule has 92 valence electrons. The zero-order valence-corrected chi connectivity index (χ0v) is 10.7. The molecule has 0 bridgehead atoms. The summed E-state index contributed by atoms with van der Waals surface area (Å²) < 4.78 is 0. The van der Waals surface area contributed by atoms with Gasteiger partial charge in [-0.05, 0) is 39.2 Å². The first-order chi connectivity index (χ1) is 7.63. The van der Waals surface area contributed by atoms with Gasteiger partial charge in [0.25, 0.3) is 0 Å². The molecule has 16 heavy (non-hydrogen) atoms.